The topological polar surface area (TPSA) is 36.3 Å². The van der Waals surface area contributed by atoms with Crippen LogP contribution in [-0.4, -0.2) is 37.2 Å². The quantitative estimate of drug-likeness (QED) is 0.617. The van der Waals surface area contributed by atoms with Crippen molar-refractivity contribution < 1.29 is 4.74 Å². The lowest BCUT2D eigenvalue weighted by molar-refractivity contribution is -0.0297. The van der Waals surface area contributed by atoms with E-state index >= 15 is 0 Å². The fraction of sp³-hybridized carbons (Fsp3) is 0.900. The smallest absolute Gasteiger partial charge is 0.0700 e. The maximum Gasteiger partial charge on any atom is 0.0700 e. The van der Waals surface area contributed by atoms with Crippen LogP contribution in [0, 0.1) is 11.3 Å². The average molecular weight is 182 g/mol. The summed E-state index contributed by atoms with van der Waals surface area (Å²) in [5, 5.41) is 8.40. The third-order valence-corrected chi connectivity index (χ3v) is 2.44. The summed E-state index contributed by atoms with van der Waals surface area (Å²) in [6.45, 7) is 6.13. The highest BCUT2D eigenvalue weighted by Crippen LogP contribution is 2.08. The summed E-state index contributed by atoms with van der Waals surface area (Å²) in [7, 11) is 0. The Morgan fingerprint density at radius 1 is 1.62 bits per heavy atom. The van der Waals surface area contributed by atoms with Gasteiger partial charge in [0.25, 0.3) is 0 Å². The highest BCUT2D eigenvalue weighted by atomic mass is 16.5. The minimum Gasteiger partial charge on any atom is -0.376 e. The largest absolute Gasteiger partial charge is 0.376 e. The molecular weight excluding hydrogens is 164 g/mol. The van der Waals surface area contributed by atoms with Gasteiger partial charge in [-0.1, -0.05) is 6.92 Å². The molecule has 0 aromatic carbocycles. The van der Waals surface area contributed by atoms with Crippen LogP contribution < -0.4 is 0 Å². The fourth-order valence-electron chi connectivity index (χ4n) is 1.61. The Bertz CT molecular complexity index is 176. The van der Waals surface area contributed by atoms with Crippen molar-refractivity contribution in [3.8, 4) is 6.07 Å². The first-order valence-corrected chi connectivity index (χ1v) is 5.07. The van der Waals surface area contributed by atoms with E-state index in [1.165, 1.54) is 0 Å². The molecule has 1 atom stereocenters. The van der Waals surface area contributed by atoms with Crippen LogP contribution in [0.3, 0.4) is 0 Å². The SMILES string of the molecule is CCC1CN(CCCC#N)CCO1. The van der Waals surface area contributed by atoms with Gasteiger partial charge < -0.3 is 4.74 Å². The van der Waals surface area contributed by atoms with Gasteiger partial charge in [0, 0.05) is 19.5 Å². The zero-order valence-electron chi connectivity index (χ0n) is 8.33. The van der Waals surface area contributed by atoms with E-state index in [-0.39, 0.29) is 0 Å². The van der Waals surface area contributed by atoms with Crippen LogP contribution in [0.15, 0.2) is 0 Å². The summed E-state index contributed by atoms with van der Waals surface area (Å²) in [5.41, 5.74) is 0. The van der Waals surface area contributed by atoms with Gasteiger partial charge in [-0.3, -0.25) is 4.90 Å². The molecule has 0 radical (unpaired) electrons. The van der Waals surface area contributed by atoms with Gasteiger partial charge in [-0.25, -0.2) is 0 Å². The number of hydrogen-bond acceptors (Lipinski definition) is 3. The van der Waals surface area contributed by atoms with E-state index in [0.29, 0.717) is 12.5 Å². The van der Waals surface area contributed by atoms with Crippen LogP contribution in [-0.2, 0) is 4.74 Å². The molecule has 0 aromatic heterocycles. The van der Waals surface area contributed by atoms with E-state index in [0.717, 1.165) is 39.1 Å². The maximum absolute atomic E-state index is 8.40. The van der Waals surface area contributed by atoms with E-state index in [2.05, 4.69) is 17.9 Å². The molecule has 0 saturated carbocycles. The van der Waals surface area contributed by atoms with Crippen LogP contribution >= 0.6 is 0 Å². The fourth-order valence-corrected chi connectivity index (χ4v) is 1.61. The standard InChI is InChI=1S/C10H18N2O/c1-2-10-9-12(7-8-13-10)6-4-3-5-11/h10H,2-4,6-9H2,1H3. The van der Waals surface area contributed by atoms with Gasteiger partial charge in [0.1, 0.15) is 0 Å². The lowest BCUT2D eigenvalue weighted by atomic mass is 10.2. The number of rotatable bonds is 4. The molecule has 3 nitrogen and oxygen atoms in total. The van der Waals surface area contributed by atoms with Gasteiger partial charge in [0.05, 0.1) is 18.8 Å². The molecule has 0 bridgehead atoms. The third-order valence-electron chi connectivity index (χ3n) is 2.44. The molecule has 1 rings (SSSR count). The summed E-state index contributed by atoms with van der Waals surface area (Å²) < 4.78 is 5.56. The van der Waals surface area contributed by atoms with Crippen LogP contribution in [0.1, 0.15) is 26.2 Å². The van der Waals surface area contributed by atoms with Gasteiger partial charge >= 0.3 is 0 Å². The number of hydrogen-bond donors (Lipinski definition) is 0. The number of unbranched alkanes of at least 4 members (excludes halogenated alkanes) is 1. The van der Waals surface area contributed by atoms with Gasteiger partial charge in [-0.15, -0.1) is 0 Å². The number of nitriles is 1. The summed E-state index contributed by atoms with van der Waals surface area (Å²) in [6.07, 6.45) is 3.17. The van der Waals surface area contributed by atoms with Gasteiger partial charge in [0.2, 0.25) is 0 Å². The molecule has 74 valence electrons. The molecule has 1 unspecified atom stereocenters. The van der Waals surface area contributed by atoms with E-state index in [1.54, 1.807) is 0 Å². The Hall–Kier alpha value is -0.590. The minimum absolute atomic E-state index is 0.413. The first kappa shape index (κ1) is 10.5. The summed E-state index contributed by atoms with van der Waals surface area (Å²) in [4.78, 5) is 2.40. The maximum atomic E-state index is 8.40. The Kier molecular flexibility index (Phi) is 4.81. The molecule has 13 heavy (non-hydrogen) atoms. The van der Waals surface area contributed by atoms with Crippen molar-refractivity contribution in [3.05, 3.63) is 0 Å². The van der Waals surface area contributed by atoms with Crippen LogP contribution in [0.25, 0.3) is 0 Å². The Morgan fingerprint density at radius 2 is 2.46 bits per heavy atom. The molecule has 1 saturated heterocycles. The van der Waals surface area contributed by atoms with E-state index in [1.807, 2.05) is 0 Å². The lowest BCUT2D eigenvalue weighted by Gasteiger charge is -2.32. The highest BCUT2D eigenvalue weighted by molar-refractivity contribution is 4.73. The van der Waals surface area contributed by atoms with Crippen molar-refractivity contribution in [2.75, 3.05) is 26.2 Å². The molecule has 0 spiro atoms. The minimum atomic E-state index is 0.413. The van der Waals surface area contributed by atoms with E-state index in [4.69, 9.17) is 10.00 Å². The van der Waals surface area contributed by atoms with Gasteiger partial charge in [-0.2, -0.15) is 5.26 Å². The molecule has 0 aromatic rings. The summed E-state index contributed by atoms with van der Waals surface area (Å²) >= 11 is 0. The normalized spacial score (nSPS) is 24.2. The van der Waals surface area contributed by atoms with Crippen LogP contribution in [0.4, 0.5) is 0 Å². The lowest BCUT2D eigenvalue weighted by Crippen LogP contribution is -2.42. The first-order chi connectivity index (χ1) is 6.36. The van der Waals surface area contributed by atoms with Crippen molar-refractivity contribution in [3.63, 3.8) is 0 Å². The molecule has 1 aliphatic heterocycles. The monoisotopic (exact) mass is 182 g/mol. The van der Waals surface area contributed by atoms with Crippen molar-refractivity contribution in [2.45, 2.75) is 32.3 Å². The van der Waals surface area contributed by atoms with Crippen molar-refractivity contribution in [1.29, 1.82) is 5.26 Å². The third kappa shape index (κ3) is 3.75. The van der Waals surface area contributed by atoms with Gasteiger partial charge in [-0.05, 0) is 19.4 Å². The van der Waals surface area contributed by atoms with Crippen molar-refractivity contribution in [2.24, 2.45) is 0 Å². The highest BCUT2D eigenvalue weighted by Gasteiger charge is 2.17. The molecule has 1 aliphatic rings. The first-order valence-electron chi connectivity index (χ1n) is 5.07. The zero-order chi connectivity index (χ0) is 9.52. The number of ether oxygens (including phenoxy) is 1. The van der Waals surface area contributed by atoms with Crippen LogP contribution in [0.5, 0.6) is 0 Å². The second kappa shape index (κ2) is 5.95. The molecule has 1 fully saturated rings. The molecular formula is C10H18N2O. The molecule has 0 amide bonds. The van der Waals surface area contributed by atoms with Crippen LogP contribution in [0.2, 0.25) is 0 Å². The van der Waals surface area contributed by atoms with E-state index in [9.17, 15) is 0 Å². The van der Waals surface area contributed by atoms with Gasteiger partial charge in [0.15, 0.2) is 0 Å². The number of nitrogens with zero attached hydrogens (tertiary/aromatic N) is 2. The summed E-state index contributed by atoms with van der Waals surface area (Å²) in [6, 6.07) is 2.17. The molecule has 3 heteroatoms. The predicted molar refractivity (Wildman–Crippen MR) is 51.3 cm³/mol. The Labute approximate surface area is 80.3 Å². The molecule has 0 N–H and O–H groups in total. The Balaban J connectivity index is 2.15. The van der Waals surface area contributed by atoms with Crippen molar-refractivity contribution >= 4 is 0 Å². The average Bonchev–Trinajstić information content (AvgIpc) is 2.19. The predicted octanol–water partition coefficient (Wildman–Crippen LogP) is 1.40. The number of morpholine rings is 1. The van der Waals surface area contributed by atoms with Crippen molar-refractivity contribution in [1.82, 2.24) is 4.90 Å². The molecule has 1 heterocycles. The second-order valence-electron chi connectivity index (χ2n) is 3.46. The van der Waals surface area contributed by atoms with E-state index < -0.39 is 0 Å². The molecule has 0 aliphatic carbocycles. The summed E-state index contributed by atoms with van der Waals surface area (Å²) in [5.74, 6) is 0. The Morgan fingerprint density at radius 3 is 3.15 bits per heavy atom. The zero-order valence-corrected chi connectivity index (χ0v) is 8.33. The second-order valence-corrected chi connectivity index (χ2v) is 3.46.